The molecule has 0 bridgehead atoms. The number of rotatable bonds is 4. The normalized spacial score (nSPS) is 22.4. The summed E-state index contributed by atoms with van der Waals surface area (Å²) in [4.78, 5) is 20.3. The molecule has 3 heterocycles. The van der Waals surface area contributed by atoms with Gasteiger partial charge in [-0.2, -0.15) is 0 Å². The molecular weight excluding hydrogens is 298 g/mol. The molecule has 2 aromatic rings. The van der Waals surface area contributed by atoms with E-state index in [0.29, 0.717) is 13.0 Å². The number of nitrogens with zero attached hydrogens (tertiary/aromatic N) is 3. The first kappa shape index (κ1) is 15.5. The number of likely N-dealkylation sites (tertiary alicyclic amines) is 1. The van der Waals surface area contributed by atoms with Gasteiger partial charge in [0.25, 0.3) is 0 Å². The van der Waals surface area contributed by atoms with Crippen LogP contribution in [0.1, 0.15) is 37.7 Å². The van der Waals surface area contributed by atoms with Crippen LogP contribution in [0.3, 0.4) is 0 Å². The van der Waals surface area contributed by atoms with Crippen molar-refractivity contribution in [2.24, 2.45) is 0 Å². The van der Waals surface area contributed by atoms with Gasteiger partial charge in [0, 0.05) is 37.2 Å². The Balaban J connectivity index is 1.85. The van der Waals surface area contributed by atoms with Gasteiger partial charge in [0.2, 0.25) is 5.91 Å². The minimum absolute atomic E-state index is 0.0641. The number of ether oxygens (including phenoxy) is 1. The van der Waals surface area contributed by atoms with Crippen LogP contribution in [0.25, 0.3) is 4.83 Å². The topological polar surface area (TPSA) is 46.8 Å². The maximum Gasteiger partial charge on any atom is 0.224 e. The SMILES string of the molecule is COCCC(=O)N1CCC[C@](C)(c2nc(C)n3ccsc23)C1. The highest BCUT2D eigenvalue weighted by Crippen LogP contribution is 2.37. The largest absolute Gasteiger partial charge is 0.384 e. The summed E-state index contributed by atoms with van der Waals surface area (Å²) >= 11 is 1.73. The van der Waals surface area contributed by atoms with E-state index in [2.05, 4.69) is 22.9 Å². The molecule has 0 aromatic carbocycles. The van der Waals surface area contributed by atoms with Gasteiger partial charge in [-0.15, -0.1) is 11.3 Å². The molecule has 0 N–H and O–H groups in total. The number of hydrogen-bond acceptors (Lipinski definition) is 4. The molecule has 0 saturated carbocycles. The molecule has 22 heavy (non-hydrogen) atoms. The van der Waals surface area contributed by atoms with Crippen molar-refractivity contribution in [2.45, 2.75) is 38.5 Å². The van der Waals surface area contributed by atoms with Crippen molar-refractivity contribution < 1.29 is 9.53 Å². The van der Waals surface area contributed by atoms with Crippen molar-refractivity contribution in [3.63, 3.8) is 0 Å². The molecule has 5 nitrogen and oxygen atoms in total. The number of amides is 1. The van der Waals surface area contributed by atoms with E-state index in [9.17, 15) is 4.79 Å². The summed E-state index contributed by atoms with van der Waals surface area (Å²) < 4.78 is 7.18. The Bertz CT molecular complexity index is 678. The second kappa shape index (κ2) is 6.01. The van der Waals surface area contributed by atoms with Crippen LogP contribution in [0.15, 0.2) is 11.6 Å². The maximum atomic E-state index is 12.3. The number of methoxy groups -OCH3 is 1. The smallest absolute Gasteiger partial charge is 0.224 e. The van der Waals surface area contributed by atoms with Crippen molar-refractivity contribution >= 4 is 22.1 Å². The lowest BCUT2D eigenvalue weighted by Gasteiger charge is -2.39. The Hall–Kier alpha value is -1.40. The van der Waals surface area contributed by atoms with Gasteiger partial charge in [-0.25, -0.2) is 4.98 Å². The van der Waals surface area contributed by atoms with Gasteiger partial charge < -0.3 is 9.64 Å². The third-order valence-electron chi connectivity index (χ3n) is 4.57. The Morgan fingerprint density at radius 2 is 2.36 bits per heavy atom. The van der Waals surface area contributed by atoms with Crippen molar-refractivity contribution in [2.75, 3.05) is 26.8 Å². The lowest BCUT2D eigenvalue weighted by Crippen LogP contribution is -2.47. The molecule has 1 saturated heterocycles. The second-order valence-electron chi connectivity index (χ2n) is 6.31. The molecule has 1 aliphatic rings. The lowest BCUT2D eigenvalue weighted by molar-refractivity contribution is -0.134. The molecule has 0 aliphatic carbocycles. The van der Waals surface area contributed by atoms with E-state index in [1.165, 1.54) is 4.83 Å². The third-order valence-corrected chi connectivity index (χ3v) is 5.45. The second-order valence-corrected chi connectivity index (χ2v) is 7.20. The first-order valence-electron chi connectivity index (χ1n) is 7.74. The van der Waals surface area contributed by atoms with E-state index in [1.807, 2.05) is 11.8 Å². The standard InChI is InChI=1S/C16H23N3O2S/c1-12-17-14(15-19(12)8-10-22-15)16(2)6-4-7-18(11-16)13(20)5-9-21-3/h8,10H,4-7,9,11H2,1-3H3/t16-/m0/s1. The predicted octanol–water partition coefficient (Wildman–Crippen LogP) is 2.62. The minimum Gasteiger partial charge on any atom is -0.384 e. The van der Waals surface area contributed by atoms with Crippen LogP contribution in [0, 0.1) is 6.92 Å². The van der Waals surface area contributed by atoms with Crippen LogP contribution in [0.5, 0.6) is 0 Å². The van der Waals surface area contributed by atoms with Gasteiger partial charge in [0.1, 0.15) is 10.7 Å². The number of carbonyl (C=O) groups excluding carboxylic acids is 1. The van der Waals surface area contributed by atoms with E-state index < -0.39 is 0 Å². The van der Waals surface area contributed by atoms with Crippen LogP contribution >= 0.6 is 11.3 Å². The summed E-state index contributed by atoms with van der Waals surface area (Å²) in [7, 11) is 1.63. The van der Waals surface area contributed by atoms with Gasteiger partial charge in [-0.1, -0.05) is 6.92 Å². The zero-order valence-electron chi connectivity index (χ0n) is 13.5. The van der Waals surface area contributed by atoms with Gasteiger partial charge in [0.05, 0.1) is 18.7 Å². The van der Waals surface area contributed by atoms with Crippen molar-refractivity contribution in [1.29, 1.82) is 0 Å². The summed E-state index contributed by atoms with van der Waals surface area (Å²) in [6, 6.07) is 0. The number of thiazole rings is 1. The molecule has 0 spiro atoms. The van der Waals surface area contributed by atoms with Gasteiger partial charge >= 0.3 is 0 Å². The predicted molar refractivity (Wildman–Crippen MR) is 87.5 cm³/mol. The molecule has 2 aromatic heterocycles. The number of aryl methyl sites for hydroxylation is 1. The van der Waals surface area contributed by atoms with Crippen LogP contribution < -0.4 is 0 Å². The van der Waals surface area contributed by atoms with E-state index in [0.717, 1.165) is 37.4 Å². The fourth-order valence-electron chi connectivity index (χ4n) is 3.35. The summed E-state index contributed by atoms with van der Waals surface area (Å²) in [5.41, 5.74) is 1.08. The van der Waals surface area contributed by atoms with Gasteiger partial charge in [0.15, 0.2) is 0 Å². The van der Waals surface area contributed by atoms with Gasteiger partial charge in [-0.3, -0.25) is 9.20 Å². The third kappa shape index (κ3) is 2.65. The van der Waals surface area contributed by atoms with Crippen LogP contribution in [-0.2, 0) is 14.9 Å². The maximum absolute atomic E-state index is 12.3. The summed E-state index contributed by atoms with van der Waals surface area (Å²) in [6.45, 7) is 6.37. The van der Waals surface area contributed by atoms with Crippen LogP contribution in [0.2, 0.25) is 0 Å². The van der Waals surface area contributed by atoms with Gasteiger partial charge in [-0.05, 0) is 19.8 Å². The molecule has 120 valence electrons. The van der Waals surface area contributed by atoms with E-state index in [-0.39, 0.29) is 11.3 Å². The van der Waals surface area contributed by atoms with Crippen molar-refractivity contribution in [1.82, 2.24) is 14.3 Å². The van der Waals surface area contributed by atoms with Crippen molar-refractivity contribution in [3.05, 3.63) is 23.1 Å². The molecule has 1 fully saturated rings. The average molecular weight is 321 g/mol. The number of aromatic nitrogens is 2. The van der Waals surface area contributed by atoms with Crippen LogP contribution in [-0.4, -0.2) is 47.0 Å². The Labute approximate surface area is 134 Å². The first-order chi connectivity index (χ1) is 10.5. The van der Waals surface area contributed by atoms with Crippen LogP contribution in [0.4, 0.5) is 0 Å². The zero-order valence-corrected chi connectivity index (χ0v) is 14.3. The lowest BCUT2D eigenvalue weighted by atomic mass is 9.79. The monoisotopic (exact) mass is 321 g/mol. The summed E-state index contributed by atoms with van der Waals surface area (Å²) in [5, 5.41) is 2.10. The molecule has 6 heteroatoms. The molecule has 1 aliphatic heterocycles. The number of piperidine rings is 1. The number of hydrogen-bond donors (Lipinski definition) is 0. The first-order valence-corrected chi connectivity index (χ1v) is 8.62. The number of carbonyl (C=O) groups is 1. The molecule has 1 atom stereocenters. The summed E-state index contributed by atoms with van der Waals surface area (Å²) in [6.07, 6.45) is 4.63. The highest BCUT2D eigenvalue weighted by molar-refractivity contribution is 7.15. The molecule has 0 radical (unpaired) electrons. The Kier molecular flexibility index (Phi) is 4.23. The summed E-state index contributed by atoms with van der Waals surface area (Å²) in [5.74, 6) is 1.21. The molecular formula is C16H23N3O2S. The van der Waals surface area contributed by atoms with E-state index in [4.69, 9.17) is 9.72 Å². The quantitative estimate of drug-likeness (QED) is 0.870. The Morgan fingerprint density at radius 3 is 3.14 bits per heavy atom. The van der Waals surface area contributed by atoms with E-state index in [1.54, 1.807) is 18.4 Å². The number of fused-ring (bicyclic) bond motifs is 1. The fourth-order valence-corrected chi connectivity index (χ4v) is 4.38. The zero-order chi connectivity index (χ0) is 15.7. The number of imidazole rings is 1. The highest BCUT2D eigenvalue weighted by atomic mass is 32.1. The molecule has 0 unspecified atom stereocenters. The van der Waals surface area contributed by atoms with Crippen molar-refractivity contribution in [3.8, 4) is 0 Å². The highest BCUT2D eigenvalue weighted by Gasteiger charge is 2.38. The average Bonchev–Trinajstić information content (AvgIpc) is 3.09. The minimum atomic E-state index is -0.0641. The molecule has 1 amide bonds. The Morgan fingerprint density at radius 1 is 1.55 bits per heavy atom. The fraction of sp³-hybridized carbons (Fsp3) is 0.625. The van der Waals surface area contributed by atoms with E-state index >= 15 is 0 Å². The molecule has 3 rings (SSSR count).